The molecule has 0 rings (SSSR count). The standard InChI is InChI=1S/3CH4Se.Al/c3*1-2;/h3*2H,1H3;/q;;;+3/p-3. The van der Waals surface area contributed by atoms with Crippen molar-refractivity contribution < 1.29 is 0 Å². The van der Waals surface area contributed by atoms with Crippen molar-refractivity contribution in [2.24, 2.45) is 0 Å². The molecule has 0 aliphatic rings. The van der Waals surface area contributed by atoms with Gasteiger partial charge in [-0.25, -0.2) is 0 Å². The Hall–Kier alpha value is 2.09. The van der Waals surface area contributed by atoms with Gasteiger partial charge in [-0.3, -0.25) is 0 Å². The minimum absolute atomic E-state index is 0. The van der Waals surface area contributed by atoms with Crippen molar-refractivity contribution in [3.05, 3.63) is 0 Å². The van der Waals surface area contributed by atoms with Crippen molar-refractivity contribution >= 4 is 65.4 Å². The number of hydrogen-bond acceptors (Lipinski definition) is 0. The Labute approximate surface area is 82.2 Å². The third-order valence-electron chi connectivity index (χ3n) is 0. The van der Waals surface area contributed by atoms with E-state index < -0.39 is 0 Å². The summed E-state index contributed by atoms with van der Waals surface area (Å²) in [6.45, 7) is 0. The molecule has 0 aromatic carbocycles. The van der Waals surface area contributed by atoms with Crippen molar-refractivity contribution in [3.63, 3.8) is 0 Å². The molecule has 0 radical (unpaired) electrons. The first kappa shape index (κ1) is 23.0. The molecule has 0 saturated heterocycles. The molecule has 0 heterocycles. The molecule has 0 aromatic heterocycles. The summed E-state index contributed by atoms with van der Waals surface area (Å²) >= 11 is 7.88. The minimum atomic E-state index is 0. The van der Waals surface area contributed by atoms with Crippen LogP contribution in [0.15, 0.2) is 0 Å². The fourth-order valence-electron chi connectivity index (χ4n) is 0. The second-order valence-electron chi connectivity index (χ2n) is 0. The second-order valence-corrected chi connectivity index (χ2v) is 0. The molecule has 7 heavy (non-hydrogen) atoms. The molecule has 0 amide bonds. The average molecular weight is 309 g/mol. The van der Waals surface area contributed by atoms with E-state index in [-0.39, 0.29) is 17.4 Å². The molecular formula is C3H9AlSe3. The normalized spacial score (nSPS) is 2.57. The first-order chi connectivity index (χ1) is 3.00. The zero-order valence-electron chi connectivity index (χ0n) is 4.80. The summed E-state index contributed by atoms with van der Waals surface area (Å²) in [4.78, 5) is 0. The van der Waals surface area contributed by atoms with Crippen molar-refractivity contribution in [3.8, 4) is 0 Å². The van der Waals surface area contributed by atoms with E-state index in [9.17, 15) is 0 Å². The van der Waals surface area contributed by atoms with Gasteiger partial charge in [-0.05, 0) is 0 Å². The predicted molar refractivity (Wildman–Crippen MR) is 40.6 cm³/mol. The van der Waals surface area contributed by atoms with Crippen LogP contribution in [0.2, 0.25) is 17.5 Å². The first-order valence-corrected chi connectivity index (χ1v) is 6.36. The monoisotopic (exact) mass is 312 g/mol. The van der Waals surface area contributed by atoms with Gasteiger partial charge in [0, 0.05) is 0 Å². The molecule has 4 heteroatoms. The van der Waals surface area contributed by atoms with Crippen LogP contribution in [0.1, 0.15) is 0 Å². The Kier molecular flexibility index (Phi) is 305. The molecule has 0 aliphatic carbocycles. The molecular weight excluding hydrogens is 300 g/mol. The van der Waals surface area contributed by atoms with E-state index in [0.717, 1.165) is 0 Å². The maximum absolute atomic E-state index is 2.62. The fourth-order valence-corrected chi connectivity index (χ4v) is 0. The van der Waals surface area contributed by atoms with Crippen molar-refractivity contribution in [1.82, 2.24) is 0 Å². The van der Waals surface area contributed by atoms with Crippen LogP contribution in [-0.4, -0.2) is 65.4 Å². The van der Waals surface area contributed by atoms with Gasteiger partial charge in [-0.2, -0.15) is 0 Å². The van der Waals surface area contributed by atoms with E-state index >= 15 is 0 Å². The second kappa shape index (κ2) is 93.1. The fraction of sp³-hybridized carbons (Fsp3) is 1.00. The molecule has 0 spiro atoms. The summed E-state index contributed by atoms with van der Waals surface area (Å²) in [5.74, 6) is 5.62. The summed E-state index contributed by atoms with van der Waals surface area (Å²) in [5.41, 5.74) is 0. The van der Waals surface area contributed by atoms with E-state index in [0.29, 0.717) is 0 Å². The zero-order valence-corrected chi connectivity index (χ0v) is 11.1. The van der Waals surface area contributed by atoms with Crippen LogP contribution in [0.3, 0.4) is 0 Å². The topological polar surface area (TPSA) is 0 Å². The number of rotatable bonds is 0. The Bertz CT molecular complexity index is 10.1. The van der Waals surface area contributed by atoms with Gasteiger partial charge in [0.2, 0.25) is 0 Å². The van der Waals surface area contributed by atoms with Gasteiger partial charge in [0.25, 0.3) is 0 Å². The van der Waals surface area contributed by atoms with Gasteiger partial charge < -0.3 is 0 Å². The molecule has 0 bridgehead atoms. The van der Waals surface area contributed by atoms with Gasteiger partial charge in [0.15, 0.2) is 0 Å². The summed E-state index contributed by atoms with van der Waals surface area (Å²) in [6, 6.07) is 0. The maximum atomic E-state index is 2.62. The molecule has 42 valence electrons. The van der Waals surface area contributed by atoms with Gasteiger partial charge in [0.05, 0.1) is 0 Å². The van der Waals surface area contributed by atoms with E-state index in [2.05, 4.69) is 48.0 Å². The molecule has 0 fully saturated rings. The molecule has 0 aromatic rings. The largest absolute Gasteiger partial charge is 3.00 e. The number of hydrogen-bond donors (Lipinski definition) is 0. The summed E-state index contributed by atoms with van der Waals surface area (Å²) in [5, 5.41) is 0. The smallest absolute Gasteiger partial charge is 3.00 e. The zero-order chi connectivity index (χ0) is 6.00. The summed E-state index contributed by atoms with van der Waals surface area (Å²) in [7, 11) is 0. The van der Waals surface area contributed by atoms with Crippen LogP contribution < -0.4 is 0 Å². The Balaban J connectivity index is -0.00000000900. The Morgan fingerprint density at radius 2 is 0.571 bits per heavy atom. The molecule has 0 aliphatic heterocycles. The predicted octanol–water partition coefficient (Wildman–Crippen LogP) is 0.228. The minimum Gasteiger partial charge on any atom is 3.00 e. The van der Waals surface area contributed by atoms with Gasteiger partial charge in [0.1, 0.15) is 0 Å². The molecule has 0 N–H and O–H groups in total. The summed E-state index contributed by atoms with van der Waals surface area (Å²) < 4.78 is 0. The van der Waals surface area contributed by atoms with Crippen LogP contribution in [0.25, 0.3) is 0 Å². The van der Waals surface area contributed by atoms with Gasteiger partial charge >= 0.3 is 82.9 Å². The third kappa shape index (κ3) is 68.7. The van der Waals surface area contributed by atoms with Crippen LogP contribution in [0, 0.1) is 0 Å². The van der Waals surface area contributed by atoms with Crippen molar-refractivity contribution in [1.29, 1.82) is 0 Å². The SMILES string of the molecule is C[Se-].C[Se-].C[Se-].[Al+3]. The summed E-state index contributed by atoms with van der Waals surface area (Å²) in [6.07, 6.45) is 0. The molecule has 0 nitrogen and oxygen atoms in total. The third-order valence-corrected chi connectivity index (χ3v) is 0. The molecule has 0 saturated carbocycles. The van der Waals surface area contributed by atoms with E-state index in [1.807, 2.05) is 17.5 Å². The van der Waals surface area contributed by atoms with Gasteiger partial charge in [-0.15, -0.1) is 0 Å². The van der Waals surface area contributed by atoms with Crippen molar-refractivity contribution in [2.45, 2.75) is 17.5 Å². The van der Waals surface area contributed by atoms with E-state index in [1.54, 1.807) is 0 Å². The van der Waals surface area contributed by atoms with E-state index in [1.165, 1.54) is 0 Å². The first-order valence-electron chi connectivity index (χ1n) is 1.22. The van der Waals surface area contributed by atoms with Crippen molar-refractivity contribution in [2.75, 3.05) is 0 Å². The Morgan fingerprint density at radius 1 is 0.571 bits per heavy atom. The molecule has 0 atom stereocenters. The van der Waals surface area contributed by atoms with Crippen LogP contribution >= 0.6 is 0 Å². The van der Waals surface area contributed by atoms with Crippen LogP contribution in [0.4, 0.5) is 0 Å². The Morgan fingerprint density at radius 3 is 0.571 bits per heavy atom. The molecule has 0 unspecified atom stereocenters. The maximum Gasteiger partial charge on any atom is 3.00 e. The van der Waals surface area contributed by atoms with E-state index in [4.69, 9.17) is 0 Å². The van der Waals surface area contributed by atoms with Crippen LogP contribution in [0.5, 0.6) is 0 Å². The average Bonchev–Trinajstić information content (AvgIpc) is 1.81. The van der Waals surface area contributed by atoms with Gasteiger partial charge in [-0.1, -0.05) is 0 Å². The quantitative estimate of drug-likeness (QED) is 0.562. The van der Waals surface area contributed by atoms with Crippen LogP contribution in [-0.2, 0) is 0 Å².